The average molecular weight is 299 g/mol. The van der Waals surface area contributed by atoms with Crippen molar-refractivity contribution in [2.24, 2.45) is 0 Å². The van der Waals surface area contributed by atoms with E-state index in [1.54, 1.807) is 10.9 Å². The highest BCUT2D eigenvalue weighted by atomic mass is 16.2. The second kappa shape index (κ2) is 5.88. The van der Waals surface area contributed by atoms with Crippen LogP contribution in [0.1, 0.15) is 29.9 Å². The molecule has 1 aromatic carbocycles. The summed E-state index contributed by atoms with van der Waals surface area (Å²) >= 11 is 0. The Hall–Kier alpha value is -2.21. The number of carbonyl (C=O) groups excluding carboxylic acids is 1. The van der Waals surface area contributed by atoms with Crippen LogP contribution in [0.25, 0.3) is 5.69 Å². The van der Waals surface area contributed by atoms with Crippen LogP contribution in [0.5, 0.6) is 0 Å². The zero-order chi connectivity index (χ0) is 15.7. The molecule has 2 atom stereocenters. The smallest absolute Gasteiger partial charge is 0.276 e. The summed E-state index contributed by atoms with van der Waals surface area (Å²) in [5, 5.41) is 11.6. The Morgan fingerprint density at radius 2 is 2.00 bits per heavy atom. The fourth-order valence-corrected chi connectivity index (χ4v) is 2.91. The number of nitrogens with zero attached hydrogens (tertiary/aromatic N) is 4. The Balaban J connectivity index is 1.80. The summed E-state index contributed by atoms with van der Waals surface area (Å²) in [6.45, 7) is 7.58. The first-order valence-corrected chi connectivity index (χ1v) is 7.57. The first kappa shape index (κ1) is 14.7. The number of carbonyl (C=O) groups is 1. The van der Waals surface area contributed by atoms with Crippen molar-refractivity contribution in [2.45, 2.75) is 32.9 Å². The molecular weight excluding hydrogens is 278 g/mol. The Bertz CT molecular complexity index is 671. The van der Waals surface area contributed by atoms with Gasteiger partial charge in [-0.05, 0) is 38.5 Å². The van der Waals surface area contributed by atoms with Crippen molar-refractivity contribution < 1.29 is 4.79 Å². The molecule has 2 aromatic rings. The number of amides is 1. The number of piperazine rings is 1. The van der Waals surface area contributed by atoms with Crippen LogP contribution in [0.15, 0.2) is 30.5 Å². The summed E-state index contributed by atoms with van der Waals surface area (Å²) in [6, 6.07) is 8.53. The van der Waals surface area contributed by atoms with E-state index in [9.17, 15) is 4.79 Å². The molecule has 1 saturated heterocycles. The molecule has 6 nitrogen and oxygen atoms in total. The third kappa shape index (κ3) is 3.01. The summed E-state index contributed by atoms with van der Waals surface area (Å²) in [4.78, 5) is 14.4. The fraction of sp³-hybridized carbons (Fsp3) is 0.438. The van der Waals surface area contributed by atoms with Gasteiger partial charge in [-0.25, -0.2) is 4.68 Å². The SMILES string of the molecule is Cc1cccc(-n2cc(C(=O)N3C[C@@H](C)N[C@@H](C)C3)nn2)c1. The molecule has 1 aliphatic heterocycles. The van der Waals surface area contributed by atoms with Gasteiger partial charge in [0.25, 0.3) is 5.91 Å². The largest absolute Gasteiger partial charge is 0.334 e. The van der Waals surface area contributed by atoms with Gasteiger partial charge in [0.05, 0.1) is 11.9 Å². The number of hydrogen-bond donors (Lipinski definition) is 1. The Labute approximate surface area is 130 Å². The van der Waals surface area contributed by atoms with E-state index >= 15 is 0 Å². The Morgan fingerprint density at radius 3 is 2.68 bits per heavy atom. The minimum absolute atomic E-state index is 0.0564. The van der Waals surface area contributed by atoms with Crippen molar-refractivity contribution in [2.75, 3.05) is 13.1 Å². The molecule has 1 N–H and O–H groups in total. The van der Waals surface area contributed by atoms with Crippen LogP contribution in [-0.2, 0) is 0 Å². The van der Waals surface area contributed by atoms with Gasteiger partial charge in [-0.3, -0.25) is 4.79 Å². The van der Waals surface area contributed by atoms with Crippen molar-refractivity contribution in [3.05, 3.63) is 41.7 Å². The molecule has 116 valence electrons. The summed E-state index contributed by atoms with van der Waals surface area (Å²) < 4.78 is 1.65. The average Bonchev–Trinajstić information content (AvgIpc) is 2.95. The lowest BCUT2D eigenvalue weighted by Gasteiger charge is -2.35. The molecule has 0 unspecified atom stereocenters. The van der Waals surface area contributed by atoms with E-state index in [4.69, 9.17) is 0 Å². The fourth-order valence-electron chi connectivity index (χ4n) is 2.91. The highest BCUT2D eigenvalue weighted by Gasteiger charge is 2.27. The first-order chi connectivity index (χ1) is 10.5. The molecule has 2 heterocycles. The Morgan fingerprint density at radius 1 is 1.27 bits per heavy atom. The lowest BCUT2D eigenvalue weighted by molar-refractivity contribution is 0.0667. The minimum Gasteiger partial charge on any atom is -0.334 e. The zero-order valence-corrected chi connectivity index (χ0v) is 13.2. The number of rotatable bonds is 2. The number of benzene rings is 1. The quantitative estimate of drug-likeness (QED) is 0.910. The summed E-state index contributed by atoms with van der Waals surface area (Å²) in [6.07, 6.45) is 1.70. The van der Waals surface area contributed by atoms with Gasteiger partial charge < -0.3 is 10.2 Å². The van der Waals surface area contributed by atoms with Gasteiger partial charge in [-0.15, -0.1) is 5.10 Å². The van der Waals surface area contributed by atoms with E-state index in [1.807, 2.05) is 36.1 Å². The second-order valence-electron chi connectivity index (χ2n) is 6.07. The van der Waals surface area contributed by atoms with Crippen LogP contribution in [0.4, 0.5) is 0 Å². The van der Waals surface area contributed by atoms with Crippen LogP contribution in [0.2, 0.25) is 0 Å². The third-order valence-electron chi connectivity index (χ3n) is 3.82. The highest BCUT2D eigenvalue weighted by molar-refractivity contribution is 5.92. The molecule has 0 bridgehead atoms. The minimum atomic E-state index is -0.0564. The highest BCUT2D eigenvalue weighted by Crippen LogP contribution is 2.12. The topological polar surface area (TPSA) is 63.1 Å². The lowest BCUT2D eigenvalue weighted by atomic mass is 10.1. The predicted octanol–water partition coefficient (Wildman–Crippen LogP) is 1.40. The summed E-state index contributed by atoms with van der Waals surface area (Å²) in [5.41, 5.74) is 2.45. The van der Waals surface area contributed by atoms with Gasteiger partial charge in [0.15, 0.2) is 5.69 Å². The van der Waals surface area contributed by atoms with Gasteiger partial charge in [-0.2, -0.15) is 0 Å². The van der Waals surface area contributed by atoms with Crippen molar-refractivity contribution >= 4 is 5.91 Å². The van der Waals surface area contributed by atoms with Crippen molar-refractivity contribution in [1.82, 2.24) is 25.2 Å². The third-order valence-corrected chi connectivity index (χ3v) is 3.82. The molecule has 0 saturated carbocycles. The van der Waals surface area contributed by atoms with Gasteiger partial charge in [0.2, 0.25) is 0 Å². The maximum absolute atomic E-state index is 12.6. The van der Waals surface area contributed by atoms with Crippen LogP contribution in [0, 0.1) is 6.92 Å². The van der Waals surface area contributed by atoms with Gasteiger partial charge in [-0.1, -0.05) is 17.3 Å². The van der Waals surface area contributed by atoms with E-state index in [-0.39, 0.29) is 5.91 Å². The van der Waals surface area contributed by atoms with E-state index in [2.05, 4.69) is 29.5 Å². The van der Waals surface area contributed by atoms with Crippen LogP contribution in [-0.4, -0.2) is 51.0 Å². The zero-order valence-electron chi connectivity index (χ0n) is 13.2. The van der Waals surface area contributed by atoms with Crippen molar-refractivity contribution in [3.8, 4) is 5.69 Å². The molecule has 1 aliphatic rings. The lowest BCUT2D eigenvalue weighted by Crippen LogP contribution is -2.55. The predicted molar refractivity (Wildman–Crippen MR) is 84.1 cm³/mol. The molecule has 22 heavy (non-hydrogen) atoms. The standard InChI is InChI=1S/C16H21N5O/c1-11-5-4-6-14(7-11)21-10-15(18-19-21)16(22)20-8-12(2)17-13(3)9-20/h4-7,10,12-13,17H,8-9H2,1-3H3/t12-,13+. The van der Waals surface area contributed by atoms with Crippen molar-refractivity contribution in [1.29, 1.82) is 0 Å². The van der Waals surface area contributed by atoms with Crippen LogP contribution >= 0.6 is 0 Å². The summed E-state index contributed by atoms with van der Waals surface area (Å²) in [7, 11) is 0. The molecule has 0 aliphatic carbocycles. The van der Waals surface area contributed by atoms with Gasteiger partial charge in [0, 0.05) is 25.2 Å². The maximum Gasteiger partial charge on any atom is 0.276 e. The molecule has 1 fully saturated rings. The molecular formula is C16H21N5O. The summed E-state index contributed by atoms with van der Waals surface area (Å²) in [5.74, 6) is -0.0564. The maximum atomic E-state index is 12.6. The molecule has 0 spiro atoms. The number of hydrogen-bond acceptors (Lipinski definition) is 4. The van der Waals surface area contributed by atoms with Gasteiger partial charge >= 0.3 is 0 Å². The van der Waals surface area contributed by atoms with Gasteiger partial charge in [0.1, 0.15) is 0 Å². The number of nitrogens with one attached hydrogen (secondary N) is 1. The molecule has 1 amide bonds. The molecule has 1 aromatic heterocycles. The van der Waals surface area contributed by atoms with Crippen LogP contribution in [0.3, 0.4) is 0 Å². The monoisotopic (exact) mass is 299 g/mol. The Kier molecular flexibility index (Phi) is 3.94. The molecule has 3 rings (SSSR count). The molecule has 0 radical (unpaired) electrons. The van der Waals surface area contributed by atoms with E-state index in [1.165, 1.54) is 0 Å². The number of aromatic nitrogens is 3. The number of aryl methyl sites for hydroxylation is 1. The normalized spacial score (nSPS) is 21.9. The second-order valence-corrected chi connectivity index (χ2v) is 6.07. The first-order valence-electron chi connectivity index (χ1n) is 7.57. The van der Waals surface area contributed by atoms with E-state index in [0.29, 0.717) is 30.9 Å². The van der Waals surface area contributed by atoms with Crippen LogP contribution < -0.4 is 5.32 Å². The van der Waals surface area contributed by atoms with Crippen molar-refractivity contribution in [3.63, 3.8) is 0 Å². The molecule has 6 heteroatoms. The van der Waals surface area contributed by atoms with E-state index < -0.39 is 0 Å². The van der Waals surface area contributed by atoms with E-state index in [0.717, 1.165) is 11.3 Å².